The molecule has 0 aliphatic heterocycles. The Morgan fingerprint density at radius 2 is 1.77 bits per heavy atom. The molecule has 0 saturated heterocycles. The molecule has 0 aliphatic carbocycles. The van der Waals surface area contributed by atoms with Crippen LogP contribution in [0.25, 0.3) is 0 Å². The molecule has 0 unspecified atom stereocenters. The van der Waals surface area contributed by atoms with Crippen molar-refractivity contribution in [2.45, 2.75) is 13.8 Å². The van der Waals surface area contributed by atoms with Crippen LogP contribution in [0, 0.1) is 17.0 Å². The Labute approximate surface area is 178 Å². The summed E-state index contributed by atoms with van der Waals surface area (Å²) < 4.78 is 10.4. The molecule has 10 heteroatoms. The van der Waals surface area contributed by atoms with E-state index in [0.717, 1.165) is 5.56 Å². The number of aryl methyl sites for hydroxylation is 1. The van der Waals surface area contributed by atoms with Crippen LogP contribution in [0.3, 0.4) is 0 Å². The van der Waals surface area contributed by atoms with Crippen molar-refractivity contribution in [3.8, 4) is 5.75 Å². The van der Waals surface area contributed by atoms with Gasteiger partial charge in [0, 0.05) is 0 Å². The lowest BCUT2D eigenvalue weighted by atomic mass is 10.1. The first-order chi connectivity index (χ1) is 14.9. The van der Waals surface area contributed by atoms with E-state index in [2.05, 4.69) is 20.6 Å². The number of methoxy groups -OCH3 is 1. The van der Waals surface area contributed by atoms with Gasteiger partial charge in [-0.1, -0.05) is 18.2 Å². The Bertz CT molecular complexity index is 1120. The van der Waals surface area contributed by atoms with Crippen molar-refractivity contribution in [1.82, 2.24) is 9.97 Å². The summed E-state index contributed by atoms with van der Waals surface area (Å²) in [6.07, 6.45) is 1.19. The Morgan fingerprint density at radius 3 is 2.42 bits per heavy atom. The molecule has 0 fully saturated rings. The molecule has 0 spiro atoms. The van der Waals surface area contributed by atoms with E-state index < -0.39 is 10.9 Å². The van der Waals surface area contributed by atoms with Gasteiger partial charge in [-0.25, -0.2) is 14.8 Å². The molecule has 160 valence electrons. The standard InChI is InChI=1S/C21H21N5O5/c1-4-31-21(27)14-7-5-6-8-15(14)24-19-18(26(28)29)20(23-12-22-19)25-16-11-13(2)9-10-17(16)30-3/h5-12H,4H2,1-3H3,(H2,22,23,24,25). The number of nitro groups is 1. The monoisotopic (exact) mass is 423 g/mol. The lowest BCUT2D eigenvalue weighted by molar-refractivity contribution is -0.383. The number of ether oxygens (including phenoxy) is 2. The number of para-hydroxylation sites is 1. The average Bonchev–Trinajstić information content (AvgIpc) is 2.74. The third-order valence-electron chi connectivity index (χ3n) is 4.29. The normalized spacial score (nSPS) is 10.3. The number of carbonyl (C=O) groups is 1. The lowest BCUT2D eigenvalue weighted by Crippen LogP contribution is -2.10. The molecule has 0 aliphatic rings. The largest absolute Gasteiger partial charge is 0.495 e. The van der Waals surface area contributed by atoms with Gasteiger partial charge in [0.1, 0.15) is 12.1 Å². The minimum absolute atomic E-state index is 0.0278. The first kappa shape index (κ1) is 21.5. The van der Waals surface area contributed by atoms with Crippen LogP contribution in [-0.2, 0) is 4.74 Å². The van der Waals surface area contributed by atoms with Gasteiger partial charge in [0.05, 0.1) is 35.6 Å². The van der Waals surface area contributed by atoms with Gasteiger partial charge in [0.2, 0.25) is 11.6 Å². The van der Waals surface area contributed by atoms with Gasteiger partial charge < -0.3 is 20.1 Å². The number of nitrogens with one attached hydrogen (secondary N) is 2. The molecule has 2 N–H and O–H groups in total. The third kappa shape index (κ3) is 4.86. The van der Waals surface area contributed by atoms with Crippen molar-refractivity contribution in [1.29, 1.82) is 0 Å². The number of anilines is 4. The molecule has 0 saturated carbocycles. The fraction of sp³-hybridized carbons (Fsp3) is 0.190. The number of carbonyl (C=O) groups excluding carboxylic acids is 1. The Morgan fingerprint density at radius 1 is 1.10 bits per heavy atom. The van der Waals surface area contributed by atoms with Crippen LogP contribution >= 0.6 is 0 Å². The smallest absolute Gasteiger partial charge is 0.353 e. The van der Waals surface area contributed by atoms with Crippen LogP contribution in [0.1, 0.15) is 22.8 Å². The molecule has 3 rings (SSSR count). The predicted molar refractivity (Wildman–Crippen MR) is 115 cm³/mol. The highest BCUT2D eigenvalue weighted by molar-refractivity contribution is 5.97. The Hall–Kier alpha value is -4.21. The zero-order chi connectivity index (χ0) is 22.4. The quantitative estimate of drug-likeness (QED) is 0.308. The van der Waals surface area contributed by atoms with E-state index in [0.29, 0.717) is 17.1 Å². The minimum atomic E-state index is -0.597. The first-order valence-electron chi connectivity index (χ1n) is 9.38. The molecule has 1 aromatic heterocycles. The first-order valence-corrected chi connectivity index (χ1v) is 9.38. The van der Waals surface area contributed by atoms with Crippen molar-refractivity contribution in [2.75, 3.05) is 24.4 Å². The second-order valence-electron chi connectivity index (χ2n) is 6.40. The second-order valence-corrected chi connectivity index (χ2v) is 6.40. The summed E-state index contributed by atoms with van der Waals surface area (Å²) in [4.78, 5) is 31.6. The van der Waals surface area contributed by atoms with Crippen molar-refractivity contribution in [3.63, 3.8) is 0 Å². The highest BCUT2D eigenvalue weighted by Crippen LogP contribution is 2.36. The van der Waals surface area contributed by atoms with E-state index in [1.54, 1.807) is 43.3 Å². The van der Waals surface area contributed by atoms with E-state index in [9.17, 15) is 14.9 Å². The maximum atomic E-state index is 12.2. The summed E-state index contributed by atoms with van der Waals surface area (Å²) >= 11 is 0. The highest BCUT2D eigenvalue weighted by atomic mass is 16.6. The summed E-state index contributed by atoms with van der Waals surface area (Å²) in [5, 5.41) is 17.7. The maximum Gasteiger partial charge on any atom is 0.353 e. The number of benzene rings is 2. The molecule has 31 heavy (non-hydrogen) atoms. The molecule has 0 atom stereocenters. The minimum Gasteiger partial charge on any atom is -0.495 e. The van der Waals surface area contributed by atoms with E-state index >= 15 is 0 Å². The Balaban J connectivity index is 2.02. The van der Waals surface area contributed by atoms with E-state index in [-0.39, 0.29) is 29.5 Å². The van der Waals surface area contributed by atoms with Gasteiger partial charge in [-0.05, 0) is 43.7 Å². The summed E-state index contributed by atoms with van der Waals surface area (Å²) in [7, 11) is 1.50. The molecule has 0 bridgehead atoms. The molecule has 3 aromatic rings. The van der Waals surface area contributed by atoms with Crippen LogP contribution in [-0.4, -0.2) is 34.6 Å². The zero-order valence-electron chi connectivity index (χ0n) is 17.2. The number of rotatable bonds is 8. The number of esters is 1. The average molecular weight is 423 g/mol. The van der Waals surface area contributed by atoms with E-state index in [1.165, 1.54) is 13.4 Å². The van der Waals surface area contributed by atoms with Gasteiger partial charge in [-0.15, -0.1) is 0 Å². The Kier molecular flexibility index (Phi) is 6.61. The zero-order valence-corrected chi connectivity index (χ0v) is 17.2. The van der Waals surface area contributed by atoms with Crippen LogP contribution < -0.4 is 15.4 Å². The van der Waals surface area contributed by atoms with Crippen LogP contribution in [0.15, 0.2) is 48.8 Å². The summed E-state index contributed by atoms with van der Waals surface area (Å²) in [6.45, 7) is 3.78. The lowest BCUT2D eigenvalue weighted by Gasteiger charge is -2.14. The second kappa shape index (κ2) is 9.53. The molecule has 1 heterocycles. The van der Waals surface area contributed by atoms with Crippen LogP contribution in [0.5, 0.6) is 5.75 Å². The van der Waals surface area contributed by atoms with Crippen molar-refractivity contribution < 1.29 is 19.2 Å². The van der Waals surface area contributed by atoms with Crippen LogP contribution in [0.4, 0.5) is 28.7 Å². The van der Waals surface area contributed by atoms with Gasteiger partial charge in [0.15, 0.2) is 0 Å². The van der Waals surface area contributed by atoms with Gasteiger partial charge in [0.25, 0.3) is 0 Å². The van der Waals surface area contributed by atoms with Gasteiger partial charge in [-0.2, -0.15) is 0 Å². The molecular formula is C21H21N5O5. The number of aromatic nitrogens is 2. The van der Waals surface area contributed by atoms with Gasteiger partial charge in [-0.3, -0.25) is 10.1 Å². The van der Waals surface area contributed by atoms with E-state index in [1.807, 2.05) is 13.0 Å². The molecule has 0 radical (unpaired) electrons. The van der Waals surface area contributed by atoms with Crippen molar-refractivity contribution >= 4 is 34.7 Å². The fourth-order valence-electron chi connectivity index (χ4n) is 2.89. The molecule has 0 amide bonds. The number of hydrogen-bond donors (Lipinski definition) is 2. The summed E-state index contributed by atoms with van der Waals surface area (Å²) in [6, 6.07) is 11.9. The molecular weight excluding hydrogens is 402 g/mol. The topological polar surface area (TPSA) is 129 Å². The number of hydrogen-bond acceptors (Lipinski definition) is 9. The highest BCUT2D eigenvalue weighted by Gasteiger charge is 2.25. The number of nitrogens with zero attached hydrogens (tertiary/aromatic N) is 3. The predicted octanol–water partition coefficient (Wildman–Crippen LogP) is 4.37. The third-order valence-corrected chi connectivity index (χ3v) is 4.29. The van der Waals surface area contributed by atoms with Crippen molar-refractivity contribution in [3.05, 3.63) is 70.0 Å². The summed E-state index contributed by atoms with van der Waals surface area (Å²) in [5.74, 6) is -0.156. The van der Waals surface area contributed by atoms with Crippen LogP contribution in [0.2, 0.25) is 0 Å². The maximum absolute atomic E-state index is 12.2. The van der Waals surface area contributed by atoms with Crippen molar-refractivity contribution in [2.24, 2.45) is 0 Å². The summed E-state index contributed by atoms with van der Waals surface area (Å²) in [5.41, 5.74) is 1.61. The fourth-order valence-corrected chi connectivity index (χ4v) is 2.89. The molecule has 2 aromatic carbocycles. The van der Waals surface area contributed by atoms with E-state index in [4.69, 9.17) is 9.47 Å². The molecule has 10 nitrogen and oxygen atoms in total. The van der Waals surface area contributed by atoms with Gasteiger partial charge >= 0.3 is 11.7 Å². The SMILES string of the molecule is CCOC(=O)c1ccccc1Nc1ncnc(Nc2cc(C)ccc2OC)c1[N+](=O)[O-].